The van der Waals surface area contributed by atoms with Crippen LogP contribution in [0.2, 0.25) is 0 Å². The van der Waals surface area contributed by atoms with Crippen molar-refractivity contribution in [1.29, 1.82) is 0 Å². The summed E-state index contributed by atoms with van der Waals surface area (Å²) in [7, 11) is 0. The number of aliphatic hydroxyl groups is 8. The fourth-order valence-corrected chi connectivity index (χ4v) is 3.98. The van der Waals surface area contributed by atoms with Gasteiger partial charge in [-0.3, -0.25) is 0 Å². The van der Waals surface area contributed by atoms with E-state index in [-0.39, 0.29) is 0 Å². The lowest BCUT2D eigenvalue weighted by Gasteiger charge is -2.46. The first kappa shape index (κ1) is 29.4. The lowest BCUT2D eigenvalue weighted by molar-refractivity contribution is -0.368. The Morgan fingerprint density at radius 3 is 1.30 bits per heavy atom. The van der Waals surface area contributed by atoms with Gasteiger partial charge in [0.05, 0.1) is 0 Å². The highest BCUT2D eigenvalue weighted by atomic mass is 16.8. The van der Waals surface area contributed by atoms with Crippen molar-refractivity contribution in [3.8, 4) is 0 Å². The van der Waals surface area contributed by atoms with Crippen LogP contribution in [0.25, 0.3) is 0 Å². The Kier molecular flexibility index (Phi) is 9.01. The van der Waals surface area contributed by atoms with Crippen LogP contribution in [0.5, 0.6) is 0 Å². The van der Waals surface area contributed by atoms with Crippen LogP contribution in [-0.2, 0) is 38.1 Å². The SMILES string of the molecule is O=C(O)[C@H]1OC(O[C@@H]2[C@H](O)[C@@H](O)C(O[C@@H]3[C@H](O)[C@@H](O)[C@@H](O)O[C@@H]3C(=O)O)O[C@@H]2C(=O)O)[C@H](O)[C@@H](O)[C@H]1O. The van der Waals surface area contributed by atoms with Gasteiger partial charge in [0.2, 0.25) is 0 Å². The molecule has 212 valence electrons. The zero-order chi connectivity index (χ0) is 27.9. The van der Waals surface area contributed by atoms with E-state index in [9.17, 15) is 65.4 Å². The maximum atomic E-state index is 11.8. The highest BCUT2D eigenvalue weighted by Crippen LogP contribution is 2.32. The molecule has 37 heavy (non-hydrogen) atoms. The number of aliphatic carboxylic acids is 3. The third-order valence-electron chi connectivity index (χ3n) is 5.99. The first-order chi connectivity index (χ1) is 17.2. The summed E-state index contributed by atoms with van der Waals surface area (Å²) in [6.45, 7) is 0. The molecule has 0 spiro atoms. The van der Waals surface area contributed by atoms with E-state index in [1.165, 1.54) is 0 Å². The van der Waals surface area contributed by atoms with E-state index in [4.69, 9.17) is 24.1 Å². The summed E-state index contributed by atoms with van der Waals surface area (Å²) in [6, 6.07) is 0. The molecule has 3 heterocycles. The minimum absolute atomic E-state index is 1.79. The molecule has 3 rings (SSSR count). The molecule has 0 amide bonds. The Morgan fingerprint density at radius 1 is 0.459 bits per heavy atom. The van der Waals surface area contributed by atoms with Gasteiger partial charge in [0.1, 0.15) is 54.9 Å². The average Bonchev–Trinajstić information content (AvgIpc) is 2.82. The molecular weight excluding hydrogens is 520 g/mol. The first-order valence-electron chi connectivity index (χ1n) is 10.6. The van der Waals surface area contributed by atoms with Gasteiger partial charge in [-0.2, -0.15) is 0 Å². The second-order valence-electron chi connectivity index (χ2n) is 8.45. The molecule has 0 aliphatic carbocycles. The Bertz CT molecular complexity index is 853. The van der Waals surface area contributed by atoms with Gasteiger partial charge in [0.25, 0.3) is 0 Å². The van der Waals surface area contributed by atoms with Crippen molar-refractivity contribution in [2.45, 2.75) is 92.1 Å². The van der Waals surface area contributed by atoms with E-state index < -0.39 is 110 Å². The monoisotopic (exact) mass is 546 g/mol. The van der Waals surface area contributed by atoms with Crippen LogP contribution in [0.1, 0.15) is 0 Å². The molecule has 0 radical (unpaired) electrons. The highest BCUT2D eigenvalue weighted by molar-refractivity contribution is 5.74. The third-order valence-corrected chi connectivity index (χ3v) is 5.99. The molecule has 19 nitrogen and oxygen atoms in total. The van der Waals surface area contributed by atoms with E-state index in [2.05, 4.69) is 4.74 Å². The van der Waals surface area contributed by atoms with Crippen LogP contribution in [0, 0.1) is 0 Å². The number of carboxylic acid groups (broad SMARTS) is 3. The van der Waals surface area contributed by atoms with Gasteiger partial charge in [-0.25, -0.2) is 14.4 Å². The number of hydrogen-bond acceptors (Lipinski definition) is 16. The minimum atomic E-state index is -2.29. The minimum Gasteiger partial charge on any atom is -0.479 e. The Balaban J connectivity index is 1.81. The number of aliphatic hydroxyl groups excluding tert-OH is 8. The van der Waals surface area contributed by atoms with Crippen LogP contribution >= 0.6 is 0 Å². The van der Waals surface area contributed by atoms with Crippen molar-refractivity contribution in [2.75, 3.05) is 0 Å². The highest BCUT2D eigenvalue weighted by Gasteiger charge is 2.56. The Labute approximate surface area is 205 Å². The zero-order valence-corrected chi connectivity index (χ0v) is 18.3. The fraction of sp³-hybridized carbons (Fsp3) is 0.833. The predicted molar refractivity (Wildman–Crippen MR) is 103 cm³/mol. The lowest BCUT2D eigenvalue weighted by Crippen LogP contribution is -2.67. The van der Waals surface area contributed by atoms with Crippen LogP contribution in [0.15, 0.2) is 0 Å². The topological polar surface area (TPSA) is 320 Å². The quantitative estimate of drug-likeness (QED) is 0.141. The van der Waals surface area contributed by atoms with Crippen LogP contribution in [0.4, 0.5) is 0 Å². The zero-order valence-electron chi connectivity index (χ0n) is 18.3. The maximum Gasteiger partial charge on any atom is 0.335 e. The molecule has 3 aliphatic rings. The number of carboxylic acids is 3. The molecule has 0 aromatic carbocycles. The van der Waals surface area contributed by atoms with Crippen molar-refractivity contribution < 1.29 is 94.2 Å². The molecule has 3 fully saturated rings. The molecule has 0 saturated carbocycles. The summed E-state index contributed by atoms with van der Waals surface area (Å²) < 4.78 is 24.8. The smallest absolute Gasteiger partial charge is 0.335 e. The summed E-state index contributed by atoms with van der Waals surface area (Å²) in [6.07, 6.45) is -32.5. The Hall–Kier alpha value is -2.11. The molecule has 11 N–H and O–H groups in total. The average molecular weight is 546 g/mol. The van der Waals surface area contributed by atoms with Gasteiger partial charge in [-0.15, -0.1) is 0 Å². The van der Waals surface area contributed by atoms with Gasteiger partial charge >= 0.3 is 17.9 Å². The molecule has 0 aromatic rings. The molecule has 3 saturated heterocycles. The summed E-state index contributed by atoms with van der Waals surface area (Å²) in [5.74, 6) is -5.46. The van der Waals surface area contributed by atoms with Crippen molar-refractivity contribution >= 4 is 17.9 Å². The number of hydrogen-bond donors (Lipinski definition) is 11. The van der Waals surface area contributed by atoms with E-state index in [0.29, 0.717) is 0 Å². The second kappa shape index (κ2) is 11.3. The normalized spacial score (nSPS) is 48.8. The predicted octanol–water partition coefficient (Wildman–Crippen LogP) is -7.30. The number of rotatable bonds is 7. The molecular formula is C18H26O19. The summed E-state index contributed by atoms with van der Waals surface area (Å²) in [4.78, 5) is 34.5. The second-order valence-corrected chi connectivity index (χ2v) is 8.45. The van der Waals surface area contributed by atoms with Gasteiger partial charge in [-0.05, 0) is 0 Å². The maximum absolute atomic E-state index is 11.8. The molecule has 19 heteroatoms. The van der Waals surface area contributed by atoms with Gasteiger partial charge < -0.3 is 79.9 Å². The van der Waals surface area contributed by atoms with Crippen molar-refractivity contribution in [2.24, 2.45) is 0 Å². The van der Waals surface area contributed by atoms with Crippen molar-refractivity contribution in [1.82, 2.24) is 0 Å². The third kappa shape index (κ3) is 5.68. The molecule has 2 unspecified atom stereocenters. The lowest BCUT2D eigenvalue weighted by atomic mass is 9.95. The van der Waals surface area contributed by atoms with Crippen LogP contribution in [0.3, 0.4) is 0 Å². The molecule has 0 bridgehead atoms. The number of ether oxygens (including phenoxy) is 5. The van der Waals surface area contributed by atoms with E-state index in [0.717, 1.165) is 0 Å². The molecule has 0 aromatic heterocycles. The van der Waals surface area contributed by atoms with E-state index in [1.807, 2.05) is 0 Å². The standard InChI is InChI=1S/C18H26O19/c19-1-2(20)10(13(26)27)36-17(6(1)24)35-9-4(22)7(25)18(37-12(9)15(30)31)34-8-3(21)5(23)16(32)33-11(8)14(28)29/h1-12,16-25,32H,(H,26,27)(H,28,29)(H,30,31)/t1-,2+,3+,4+,5+,6+,7+,8+,9+,10-,11-,12-,16-,17?,18?/m0/s1. The summed E-state index contributed by atoms with van der Waals surface area (Å²) >= 11 is 0. The first-order valence-corrected chi connectivity index (χ1v) is 10.6. The van der Waals surface area contributed by atoms with Gasteiger partial charge in [-0.1, -0.05) is 0 Å². The van der Waals surface area contributed by atoms with Crippen molar-refractivity contribution in [3.63, 3.8) is 0 Å². The van der Waals surface area contributed by atoms with Crippen LogP contribution < -0.4 is 0 Å². The fourth-order valence-electron chi connectivity index (χ4n) is 3.98. The number of carbonyl (C=O) groups is 3. The van der Waals surface area contributed by atoms with E-state index >= 15 is 0 Å². The largest absolute Gasteiger partial charge is 0.479 e. The van der Waals surface area contributed by atoms with E-state index in [1.54, 1.807) is 0 Å². The summed E-state index contributed by atoms with van der Waals surface area (Å²) in [5, 5.41) is 108. The Morgan fingerprint density at radius 2 is 0.838 bits per heavy atom. The van der Waals surface area contributed by atoms with Gasteiger partial charge in [0.15, 0.2) is 37.2 Å². The van der Waals surface area contributed by atoms with Gasteiger partial charge in [0, 0.05) is 0 Å². The molecule has 15 atom stereocenters. The summed E-state index contributed by atoms with van der Waals surface area (Å²) in [5.41, 5.74) is 0. The molecule has 3 aliphatic heterocycles. The van der Waals surface area contributed by atoms with Crippen LogP contribution in [-0.4, -0.2) is 166 Å². The van der Waals surface area contributed by atoms with Crippen molar-refractivity contribution in [3.05, 3.63) is 0 Å².